The highest BCUT2D eigenvalue weighted by Crippen LogP contribution is 2.28. The molecular formula is C13H17BrN2S. The molecule has 0 radical (unpaired) electrons. The molecule has 2 rings (SSSR count). The summed E-state index contributed by atoms with van der Waals surface area (Å²) < 4.78 is 1.09. The Bertz CT molecular complexity index is 428. The van der Waals surface area contributed by atoms with Crippen LogP contribution < -0.4 is 10.2 Å². The lowest BCUT2D eigenvalue weighted by molar-refractivity contribution is 0.367. The normalized spacial score (nSPS) is 23.4. The number of hydrogen-bond donors (Lipinski definition) is 1. The first-order chi connectivity index (χ1) is 7.89. The van der Waals surface area contributed by atoms with Crippen molar-refractivity contribution in [2.45, 2.75) is 38.8 Å². The highest BCUT2D eigenvalue weighted by molar-refractivity contribution is 9.10. The van der Waals surface area contributed by atoms with Crippen molar-refractivity contribution in [2.75, 3.05) is 4.90 Å². The molecule has 0 bridgehead atoms. The maximum atomic E-state index is 5.47. The van der Waals surface area contributed by atoms with E-state index in [0.29, 0.717) is 6.04 Å². The Labute approximate surface area is 117 Å². The van der Waals surface area contributed by atoms with Crippen LogP contribution in [0.5, 0.6) is 0 Å². The first kappa shape index (κ1) is 12.8. The number of halogens is 1. The van der Waals surface area contributed by atoms with Crippen LogP contribution in [0.4, 0.5) is 5.69 Å². The van der Waals surface area contributed by atoms with Crippen LogP contribution in [0, 0.1) is 0 Å². The third-order valence-electron chi connectivity index (χ3n) is 3.02. The summed E-state index contributed by atoms with van der Waals surface area (Å²) in [5.41, 5.74) is 1.23. The summed E-state index contributed by atoms with van der Waals surface area (Å²) in [4.78, 5) is 2.19. The Hall–Kier alpha value is -0.610. The van der Waals surface area contributed by atoms with E-state index in [-0.39, 0.29) is 5.54 Å². The molecule has 92 valence electrons. The Kier molecular flexibility index (Phi) is 3.46. The number of hydrogen-bond acceptors (Lipinski definition) is 1. The lowest BCUT2D eigenvalue weighted by Gasteiger charge is -2.44. The molecule has 0 amide bonds. The second kappa shape index (κ2) is 4.58. The fourth-order valence-electron chi connectivity index (χ4n) is 2.40. The minimum atomic E-state index is 0.0857. The van der Waals surface area contributed by atoms with Crippen LogP contribution in [0.3, 0.4) is 0 Å². The van der Waals surface area contributed by atoms with Crippen molar-refractivity contribution in [3.63, 3.8) is 0 Å². The Balaban J connectivity index is 2.27. The van der Waals surface area contributed by atoms with E-state index in [1.807, 2.05) is 12.1 Å². The molecule has 1 fully saturated rings. The van der Waals surface area contributed by atoms with Crippen molar-refractivity contribution in [3.8, 4) is 0 Å². The van der Waals surface area contributed by atoms with Gasteiger partial charge in [0.05, 0.1) is 0 Å². The summed E-state index contributed by atoms with van der Waals surface area (Å²) in [6.45, 7) is 6.60. The van der Waals surface area contributed by atoms with Crippen molar-refractivity contribution < 1.29 is 0 Å². The molecule has 0 saturated carbocycles. The molecule has 1 N–H and O–H groups in total. The van der Waals surface area contributed by atoms with Gasteiger partial charge in [0, 0.05) is 21.7 Å². The molecule has 0 aromatic heterocycles. The Morgan fingerprint density at radius 2 is 1.94 bits per heavy atom. The average Bonchev–Trinajstić information content (AvgIpc) is 2.18. The van der Waals surface area contributed by atoms with Crippen LogP contribution in [-0.2, 0) is 0 Å². The standard InChI is InChI=1S/C13H17BrN2S/c1-9-8-13(2,3)15-12(17)16(9)11-6-4-10(14)5-7-11/h4-7,9H,8H2,1-3H3,(H,15,17). The van der Waals surface area contributed by atoms with Crippen molar-refractivity contribution in [3.05, 3.63) is 28.7 Å². The quantitative estimate of drug-likeness (QED) is 0.796. The second-order valence-corrected chi connectivity index (χ2v) is 6.52. The third-order valence-corrected chi connectivity index (χ3v) is 3.84. The van der Waals surface area contributed by atoms with Gasteiger partial charge in [-0.15, -0.1) is 0 Å². The van der Waals surface area contributed by atoms with Gasteiger partial charge < -0.3 is 10.2 Å². The summed E-state index contributed by atoms with van der Waals surface area (Å²) in [5.74, 6) is 0. The summed E-state index contributed by atoms with van der Waals surface area (Å²) in [6, 6.07) is 8.69. The topological polar surface area (TPSA) is 15.3 Å². The number of nitrogens with one attached hydrogen (secondary N) is 1. The molecule has 1 aliphatic rings. The van der Waals surface area contributed by atoms with E-state index in [2.05, 4.69) is 59.1 Å². The molecule has 0 spiro atoms. The maximum Gasteiger partial charge on any atom is 0.174 e. The van der Waals surface area contributed by atoms with Crippen molar-refractivity contribution in [2.24, 2.45) is 0 Å². The van der Waals surface area contributed by atoms with Crippen LogP contribution in [-0.4, -0.2) is 16.7 Å². The lowest BCUT2D eigenvalue weighted by Crippen LogP contribution is -2.60. The molecule has 1 atom stereocenters. The van der Waals surface area contributed by atoms with Gasteiger partial charge in [0.25, 0.3) is 0 Å². The van der Waals surface area contributed by atoms with Crippen LogP contribution in [0.25, 0.3) is 0 Å². The summed E-state index contributed by atoms with van der Waals surface area (Å²) in [5, 5.41) is 4.21. The molecule has 1 aliphatic heterocycles. The minimum Gasteiger partial charge on any atom is -0.357 e. The first-order valence-corrected chi connectivity index (χ1v) is 6.96. The van der Waals surface area contributed by atoms with E-state index in [1.54, 1.807) is 0 Å². The number of anilines is 1. The van der Waals surface area contributed by atoms with Gasteiger partial charge in [-0.05, 0) is 63.7 Å². The zero-order valence-corrected chi connectivity index (χ0v) is 12.7. The third kappa shape index (κ3) is 2.80. The van der Waals surface area contributed by atoms with E-state index in [1.165, 1.54) is 0 Å². The van der Waals surface area contributed by atoms with Gasteiger partial charge in [-0.2, -0.15) is 0 Å². The fourth-order valence-corrected chi connectivity index (χ4v) is 3.23. The van der Waals surface area contributed by atoms with Gasteiger partial charge in [0.15, 0.2) is 5.11 Å². The molecule has 0 aliphatic carbocycles. The smallest absolute Gasteiger partial charge is 0.174 e. The largest absolute Gasteiger partial charge is 0.357 e. The monoisotopic (exact) mass is 312 g/mol. The highest BCUT2D eigenvalue weighted by Gasteiger charge is 2.33. The van der Waals surface area contributed by atoms with Crippen LogP contribution >= 0.6 is 28.1 Å². The molecule has 1 saturated heterocycles. The van der Waals surface area contributed by atoms with E-state index in [4.69, 9.17) is 12.2 Å². The number of rotatable bonds is 1. The van der Waals surface area contributed by atoms with Gasteiger partial charge in [0.1, 0.15) is 0 Å². The van der Waals surface area contributed by atoms with Crippen LogP contribution in [0.2, 0.25) is 0 Å². The number of thiocarbonyl (C=S) groups is 1. The van der Waals surface area contributed by atoms with E-state index < -0.39 is 0 Å². The van der Waals surface area contributed by atoms with Gasteiger partial charge >= 0.3 is 0 Å². The highest BCUT2D eigenvalue weighted by atomic mass is 79.9. The summed E-state index contributed by atoms with van der Waals surface area (Å²) in [7, 11) is 0. The number of benzene rings is 1. The fraction of sp³-hybridized carbons (Fsp3) is 0.462. The van der Waals surface area contributed by atoms with E-state index >= 15 is 0 Å². The van der Waals surface area contributed by atoms with Crippen molar-refractivity contribution in [1.29, 1.82) is 0 Å². The zero-order valence-electron chi connectivity index (χ0n) is 10.3. The number of nitrogens with zero attached hydrogens (tertiary/aromatic N) is 1. The summed E-state index contributed by atoms with van der Waals surface area (Å²) in [6.07, 6.45) is 1.07. The molecule has 1 heterocycles. The predicted octanol–water partition coefficient (Wildman–Crippen LogP) is 3.70. The van der Waals surface area contributed by atoms with Gasteiger partial charge in [0.2, 0.25) is 0 Å². The molecule has 17 heavy (non-hydrogen) atoms. The molecule has 1 unspecified atom stereocenters. The average molecular weight is 313 g/mol. The Morgan fingerprint density at radius 3 is 2.47 bits per heavy atom. The van der Waals surface area contributed by atoms with E-state index in [9.17, 15) is 0 Å². The molecule has 1 aromatic carbocycles. The minimum absolute atomic E-state index is 0.0857. The van der Waals surface area contributed by atoms with Gasteiger partial charge in [-0.3, -0.25) is 0 Å². The lowest BCUT2D eigenvalue weighted by atomic mass is 9.93. The molecule has 4 heteroatoms. The van der Waals surface area contributed by atoms with Crippen molar-refractivity contribution >= 4 is 38.9 Å². The summed E-state index contributed by atoms with van der Waals surface area (Å²) >= 11 is 8.92. The first-order valence-electron chi connectivity index (χ1n) is 5.76. The van der Waals surface area contributed by atoms with Crippen LogP contribution in [0.15, 0.2) is 28.7 Å². The SMILES string of the molecule is CC1CC(C)(C)NC(=S)N1c1ccc(Br)cc1. The van der Waals surface area contributed by atoms with Crippen molar-refractivity contribution in [1.82, 2.24) is 5.32 Å². The molecular weight excluding hydrogens is 296 g/mol. The molecule has 2 nitrogen and oxygen atoms in total. The predicted molar refractivity (Wildman–Crippen MR) is 80.5 cm³/mol. The van der Waals surface area contributed by atoms with Crippen LogP contribution in [0.1, 0.15) is 27.2 Å². The Morgan fingerprint density at radius 1 is 1.35 bits per heavy atom. The van der Waals surface area contributed by atoms with Gasteiger partial charge in [-0.25, -0.2) is 0 Å². The van der Waals surface area contributed by atoms with Gasteiger partial charge in [-0.1, -0.05) is 15.9 Å². The zero-order chi connectivity index (χ0) is 12.6. The second-order valence-electron chi connectivity index (χ2n) is 5.21. The maximum absolute atomic E-state index is 5.47. The molecule has 1 aromatic rings. The van der Waals surface area contributed by atoms with E-state index in [0.717, 1.165) is 21.7 Å².